The Balaban J connectivity index is 1.32. The fourth-order valence-electron chi connectivity index (χ4n) is 4.09. The minimum Gasteiger partial charge on any atom is -0.410 e. The first-order chi connectivity index (χ1) is 13.1. The highest BCUT2D eigenvalue weighted by atomic mass is 32.2. The molecule has 3 atom stereocenters. The van der Waals surface area contributed by atoms with Crippen LogP contribution in [0.25, 0.3) is 10.8 Å². The van der Waals surface area contributed by atoms with Crippen molar-refractivity contribution in [3.63, 3.8) is 0 Å². The van der Waals surface area contributed by atoms with Gasteiger partial charge in [-0.3, -0.25) is 4.79 Å². The summed E-state index contributed by atoms with van der Waals surface area (Å²) in [5.41, 5.74) is 1.43. The fraction of sp³-hybridized carbons (Fsp3) is 0.650. The molecule has 27 heavy (non-hydrogen) atoms. The molecule has 2 aliphatic rings. The number of carbonyl (C=O) groups is 1. The Hall–Kier alpha value is -1.34. The molecule has 7 heteroatoms. The van der Waals surface area contributed by atoms with E-state index in [-0.39, 0.29) is 5.91 Å². The van der Waals surface area contributed by atoms with Gasteiger partial charge in [0.1, 0.15) is 0 Å². The summed E-state index contributed by atoms with van der Waals surface area (Å²) in [5, 5.41) is 12.0. The SMILES string of the molecule is C[C@@H]1CCc2sc(-c3nnc(SCC(=O)N[C@@H]4CCCC[C@@H]4C)o3)cc2C1. The summed E-state index contributed by atoms with van der Waals surface area (Å²) in [6.07, 6.45) is 8.32. The zero-order chi connectivity index (χ0) is 18.8. The van der Waals surface area contributed by atoms with Gasteiger partial charge in [0.05, 0.1) is 10.6 Å². The second kappa shape index (κ2) is 8.35. The first-order valence-electron chi connectivity index (χ1n) is 9.96. The molecule has 0 unspecified atom stereocenters. The van der Waals surface area contributed by atoms with Gasteiger partial charge in [-0.15, -0.1) is 21.5 Å². The number of aryl methyl sites for hydroxylation is 1. The molecule has 1 amide bonds. The highest BCUT2D eigenvalue weighted by molar-refractivity contribution is 7.99. The number of rotatable bonds is 5. The molecule has 0 bridgehead atoms. The number of fused-ring (bicyclic) bond motifs is 1. The number of carbonyl (C=O) groups excluding carboxylic acids is 1. The summed E-state index contributed by atoms with van der Waals surface area (Å²) in [5.74, 6) is 2.27. The molecule has 1 fully saturated rings. The van der Waals surface area contributed by atoms with Gasteiger partial charge in [-0.25, -0.2) is 0 Å². The second-order valence-electron chi connectivity index (χ2n) is 8.00. The normalized spacial score (nSPS) is 25.2. The minimum atomic E-state index is 0.0547. The quantitative estimate of drug-likeness (QED) is 0.730. The summed E-state index contributed by atoms with van der Waals surface area (Å²) in [6, 6.07) is 2.51. The highest BCUT2D eigenvalue weighted by Crippen LogP contribution is 2.37. The van der Waals surface area contributed by atoms with Crippen LogP contribution in [0.5, 0.6) is 0 Å². The van der Waals surface area contributed by atoms with Gasteiger partial charge >= 0.3 is 0 Å². The lowest BCUT2D eigenvalue weighted by atomic mass is 9.86. The Labute approximate surface area is 168 Å². The van der Waals surface area contributed by atoms with E-state index >= 15 is 0 Å². The van der Waals surface area contributed by atoms with Crippen LogP contribution >= 0.6 is 23.1 Å². The molecular formula is C20H27N3O2S2. The van der Waals surface area contributed by atoms with E-state index in [1.54, 1.807) is 11.3 Å². The minimum absolute atomic E-state index is 0.0547. The van der Waals surface area contributed by atoms with Gasteiger partial charge < -0.3 is 9.73 Å². The zero-order valence-corrected chi connectivity index (χ0v) is 17.6. The summed E-state index contributed by atoms with van der Waals surface area (Å²) in [4.78, 5) is 14.8. The largest absolute Gasteiger partial charge is 0.410 e. The Morgan fingerprint density at radius 3 is 3.00 bits per heavy atom. The van der Waals surface area contributed by atoms with Crippen molar-refractivity contribution in [3.8, 4) is 10.8 Å². The molecule has 4 rings (SSSR count). The van der Waals surface area contributed by atoms with Crippen LogP contribution in [0.3, 0.4) is 0 Å². The topological polar surface area (TPSA) is 68.0 Å². The molecule has 146 valence electrons. The van der Waals surface area contributed by atoms with Crippen molar-refractivity contribution in [2.45, 2.75) is 70.1 Å². The third-order valence-corrected chi connectivity index (χ3v) is 7.77. The number of amides is 1. The van der Waals surface area contributed by atoms with Crippen LogP contribution in [0.1, 0.15) is 56.4 Å². The molecule has 0 aromatic carbocycles. The van der Waals surface area contributed by atoms with E-state index in [1.807, 2.05) is 0 Å². The summed E-state index contributed by atoms with van der Waals surface area (Å²) in [7, 11) is 0. The maximum atomic E-state index is 12.3. The number of thiophene rings is 1. The second-order valence-corrected chi connectivity index (χ2v) is 10.1. The summed E-state index contributed by atoms with van der Waals surface area (Å²) >= 11 is 3.09. The van der Waals surface area contributed by atoms with Crippen LogP contribution in [-0.2, 0) is 17.6 Å². The standard InChI is InChI=1S/C20H27N3O2S2/c1-12-7-8-16-14(9-12)10-17(27-16)19-22-23-20(25-19)26-11-18(24)21-15-6-4-3-5-13(15)2/h10,12-13,15H,3-9,11H2,1-2H3,(H,21,24)/t12-,13+,15-/m1/s1. The number of thioether (sulfide) groups is 1. The van der Waals surface area contributed by atoms with E-state index < -0.39 is 0 Å². The van der Waals surface area contributed by atoms with Crippen molar-refractivity contribution < 1.29 is 9.21 Å². The molecule has 2 aromatic rings. The van der Waals surface area contributed by atoms with Gasteiger partial charge in [-0.1, -0.05) is 38.5 Å². The van der Waals surface area contributed by atoms with Crippen LogP contribution in [-0.4, -0.2) is 27.9 Å². The highest BCUT2D eigenvalue weighted by Gasteiger charge is 2.24. The third kappa shape index (κ3) is 4.57. The van der Waals surface area contributed by atoms with Crippen molar-refractivity contribution in [1.29, 1.82) is 0 Å². The zero-order valence-electron chi connectivity index (χ0n) is 16.0. The average Bonchev–Trinajstić information content (AvgIpc) is 3.28. The lowest BCUT2D eigenvalue weighted by Crippen LogP contribution is -2.41. The average molecular weight is 406 g/mol. The summed E-state index contributed by atoms with van der Waals surface area (Å²) in [6.45, 7) is 4.53. The van der Waals surface area contributed by atoms with Crippen molar-refractivity contribution in [2.75, 3.05) is 5.75 Å². The molecule has 1 N–H and O–H groups in total. The van der Waals surface area contributed by atoms with Gasteiger partial charge in [0.2, 0.25) is 5.91 Å². The van der Waals surface area contributed by atoms with Gasteiger partial charge in [0, 0.05) is 10.9 Å². The van der Waals surface area contributed by atoms with Crippen LogP contribution in [0.15, 0.2) is 15.7 Å². The van der Waals surface area contributed by atoms with Gasteiger partial charge in [0.25, 0.3) is 11.1 Å². The Bertz CT molecular complexity index is 801. The Morgan fingerprint density at radius 2 is 2.15 bits per heavy atom. The van der Waals surface area contributed by atoms with E-state index in [9.17, 15) is 4.79 Å². The predicted molar refractivity (Wildman–Crippen MR) is 109 cm³/mol. The first kappa shape index (κ1) is 19.0. The number of nitrogens with one attached hydrogen (secondary N) is 1. The number of hydrogen-bond donors (Lipinski definition) is 1. The first-order valence-corrected chi connectivity index (χ1v) is 11.8. The van der Waals surface area contributed by atoms with Gasteiger partial charge in [-0.2, -0.15) is 0 Å². The predicted octanol–water partition coefficient (Wildman–Crippen LogP) is 4.71. The van der Waals surface area contributed by atoms with Crippen LogP contribution in [0.4, 0.5) is 0 Å². The molecule has 2 heterocycles. The van der Waals surface area contributed by atoms with Crippen molar-refractivity contribution in [1.82, 2.24) is 15.5 Å². The molecule has 0 aliphatic heterocycles. The molecule has 5 nitrogen and oxygen atoms in total. The van der Waals surface area contributed by atoms with Crippen molar-refractivity contribution >= 4 is 29.0 Å². The van der Waals surface area contributed by atoms with Crippen LogP contribution in [0.2, 0.25) is 0 Å². The molecule has 0 saturated heterocycles. The smallest absolute Gasteiger partial charge is 0.277 e. The van der Waals surface area contributed by atoms with Crippen LogP contribution < -0.4 is 5.32 Å². The maximum Gasteiger partial charge on any atom is 0.277 e. The molecule has 0 radical (unpaired) electrons. The van der Waals surface area contributed by atoms with Gasteiger partial charge in [0.15, 0.2) is 0 Å². The maximum absolute atomic E-state index is 12.3. The number of nitrogens with zero attached hydrogens (tertiary/aromatic N) is 2. The number of aromatic nitrogens is 2. The van der Waals surface area contributed by atoms with E-state index in [0.717, 1.165) is 30.1 Å². The molecule has 2 aliphatic carbocycles. The monoisotopic (exact) mass is 405 g/mol. The lowest BCUT2D eigenvalue weighted by Gasteiger charge is -2.29. The summed E-state index contributed by atoms with van der Waals surface area (Å²) < 4.78 is 5.81. The lowest BCUT2D eigenvalue weighted by molar-refractivity contribution is -0.119. The van der Waals surface area contributed by atoms with E-state index in [1.165, 1.54) is 47.9 Å². The fourth-order valence-corrected chi connectivity index (χ4v) is 5.79. The van der Waals surface area contributed by atoms with Crippen LogP contribution in [0, 0.1) is 11.8 Å². The van der Waals surface area contributed by atoms with E-state index in [2.05, 4.69) is 35.4 Å². The molecule has 2 aromatic heterocycles. The molecule has 0 spiro atoms. The van der Waals surface area contributed by atoms with Crippen molar-refractivity contribution in [3.05, 3.63) is 16.5 Å². The Kier molecular flexibility index (Phi) is 5.88. The molecular weight excluding hydrogens is 378 g/mol. The van der Waals surface area contributed by atoms with Gasteiger partial charge in [-0.05, 0) is 55.6 Å². The third-order valence-electron chi connectivity index (χ3n) is 5.73. The number of hydrogen-bond acceptors (Lipinski definition) is 6. The van der Waals surface area contributed by atoms with Crippen molar-refractivity contribution in [2.24, 2.45) is 11.8 Å². The Morgan fingerprint density at radius 1 is 1.30 bits per heavy atom. The van der Waals surface area contributed by atoms with E-state index in [4.69, 9.17) is 4.42 Å². The van der Waals surface area contributed by atoms with E-state index in [0.29, 0.717) is 28.8 Å². The molecule has 1 saturated carbocycles.